The number of rotatable bonds is 4. The van der Waals surface area contributed by atoms with Gasteiger partial charge in [0, 0.05) is 34.3 Å². The largest absolute Gasteiger partial charge is 0.392 e. The summed E-state index contributed by atoms with van der Waals surface area (Å²) < 4.78 is 1.94. The SMILES string of the molecule is CN(Cc1ccc(Br)cc1)c1ncc(Br)cc1CO. The average molecular weight is 386 g/mol. The molecular weight excluding hydrogens is 372 g/mol. The highest BCUT2D eigenvalue weighted by Crippen LogP contribution is 2.22. The summed E-state index contributed by atoms with van der Waals surface area (Å²) in [6.07, 6.45) is 1.74. The van der Waals surface area contributed by atoms with Crippen LogP contribution in [0.3, 0.4) is 0 Å². The molecule has 0 fully saturated rings. The van der Waals surface area contributed by atoms with E-state index in [9.17, 15) is 5.11 Å². The molecule has 0 aliphatic heterocycles. The number of aromatic nitrogens is 1. The Morgan fingerprint density at radius 2 is 1.84 bits per heavy atom. The van der Waals surface area contributed by atoms with E-state index in [1.807, 2.05) is 30.1 Å². The van der Waals surface area contributed by atoms with Crippen LogP contribution in [0, 0.1) is 0 Å². The maximum atomic E-state index is 9.40. The van der Waals surface area contributed by atoms with Gasteiger partial charge in [0.15, 0.2) is 0 Å². The molecule has 2 rings (SSSR count). The monoisotopic (exact) mass is 384 g/mol. The molecular formula is C14H14Br2N2O. The first kappa shape index (κ1) is 14.5. The molecule has 0 amide bonds. The van der Waals surface area contributed by atoms with E-state index in [0.29, 0.717) is 0 Å². The molecule has 1 aromatic carbocycles. The summed E-state index contributed by atoms with van der Waals surface area (Å²) in [4.78, 5) is 6.40. The molecule has 1 heterocycles. The molecule has 19 heavy (non-hydrogen) atoms. The second-order valence-corrected chi connectivity index (χ2v) is 6.11. The van der Waals surface area contributed by atoms with Crippen molar-refractivity contribution in [3.8, 4) is 0 Å². The predicted octanol–water partition coefficient (Wildman–Crippen LogP) is 3.74. The van der Waals surface area contributed by atoms with Gasteiger partial charge in [-0.25, -0.2) is 4.98 Å². The first-order valence-electron chi connectivity index (χ1n) is 5.81. The Labute approximate surface area is 129 Å². The third kappa shape index (κ3) is 3.78. The Morgan fingerprint density at radius 3 is 2.47 bits per heavy atom. The van der Waals surface area contributed by atoms with E-state index < -0.39 is 0 Å². The minimum atomic E-state index is -0.0214. The lowest BCUT2D eigenvalue weighted by Crippen LogP contribution is -2.19. The van der Waals surface area contributed by atoms with Crippen LogP contribution >= 0.6 is 31.9 Å². The van der Waals surface area contributed by atoms with Crippen LogP contribution in [0.2, 0.25) is 0 Å². The Bertz CT molecular complexity index is 558. The van der Waals surface area contributed by atoms with E-state index >= 15 is 0 Å². The topological polar surface area (TPSA) is 36.4 Å². The normalized spacial score (nSPS) is 10.5. The fourth-order valence-electron chi connectivity index (χ4n) is 1.87. The molecule has 0 radical (unpaired) electrons. The Balaban J connectivity index is 2.19. The minimum absolute atomic E-state index is 0.0214. The molecule has 0 unspecified atom stereocenters. The van der Waals surface area contributed by atoms with Crippen molar-refractivity contribution in [3.05, 3.63) is 56.6 Å². The van der Waals surface area contributed by atoms with Crippen molar-refractivity contribution >= 4 is 37.7 Å². The maximum absolute atomic E-state index is 9.40. The zero-order valence-electron chi connectivity index (χ0n) is 10.5. The molecule has 0 spiro atoms. The smallest absolute Gasteiger partial charge is 0.134 e. The van der Waals surface area contributed by atoms with Gasteiger partial charge >= 0.3 is 0 Å². The first-order valence-corrected chi connectivity index (χ1v) is 7.39. The number of aliphatic hydroxyl groups excluding tert-OH is 1. The predicted molar refractivity (Wildman–Crippen MR) is 84.1 cm³/mol. The molecule has 1 N–H and O–H groups in total. The number of hydrogen-bond donors (Lipinski definition) is 1. The van der Waals surface area contributed by atoms with Crippen molar-refractivity contribution in [2.24, 2.45) is 0 Å². The van der Waals surface area contributed by atoms with Crippen LogP contribution in [0.5, 0.6) is 0 Å². The molecule has 0 saturated carbocycles. The van der Waals surface area contributed by atoms with E-state index in [4.69, 9.17) is 0 Å². The molecule has 2 aromatic rings. The number of hydrogen-bond acceptors (Lipinski definition) is 3. The van der Waals surface area contributed by atoms with E-state index in [1.54, 1.807) is 6.20 Å². The maximum Gasteiger partial charge on any atom is 0.134 e. The molecule has 3 nitrogen and oxygen atoms in total. The van der Waals surface area contributed by atoms with Gasteiger partial charge in [-0.15, -0.1) is 0 Å². The summed E-state index contributed by atoms with van der Waals surface area (Å²) in [5.41, 5.74) is 2.01. The fourth-order valence-corrected chi connectivity index (χ4v) is 2.52. The quantitative estimate of drug-likeness (QED) is 0.870. The highest BCUT2D eigenvalue weighted by Gasteiger charge is 2.09. The third-order valence-corrected chi connectivity index (χ3v) is 3.74. The molecule has 5 heteroatoms. The van der Waals surface area contributed by atoms with Gasteiger partial charge in [-0.1, -0.05) is 28.1 Å². The lowest BCUT2D eigenvalue weighted by molar-refractivity contribution is 0.281. The van der Waals surface area contributed by atoms with Crippen LogP contribution in [0.15, 0.2) is 45.5 Å². The molecule has 0 aliphatic rings. The highest BCUT2D eigenvalue weighted by atomic mass is 79.9. The lowest BCUT2D eigenvalue weighted by Gasteiger charge is -2.21. The summed E-state index contributed by atoms with van der Waals surface area (Å²) in [5, 5.41) is 9.40. The van der Waals surface area contributed by atoms with E-state index in [0.717, 1.165) is 26.9 Å². The van der Waals surface area contributed by atoms with Crippen molar-refractivity contribution in [1.82, 2.24) is 4.98 Å². The summed E-state index contributed by atoms with van der Waals surface area (Å²) in [5.74, 6) is 0.800. The zero-order valence-corrected chi connectivity index (χ0v) is 13.6. The first-order chi connectivity index (χ1) is 9.10. The van der Waals surface area contributed by atoms with Crippen molar-refractivity contribution in [1.29, 1.82) is 0 Å². The van der Waals surface area contributed by atoms with Crippen molar-refractivity contribution < 1.29 is 5.11 Å². The standard InChI is InChI=1S/C14H14Br2N2O/c1-18(8-10-2-4-12(15)5-3-10)14-11(9-19)6-13(16)7-17-14/h2-7,19H,8-9H2,1H3. The van der Waals surface area contributed by atoms with Gasteiger partial charge in [-0.05, 0) is 39.7 Å². The van der Waals surface area contributed by atoms with Crippen LogP contribution in [0.25, 0.3) is 0 Å². The third-order valence-electron chi connectivity index (χ3n) is 2.77. The van der Waals surface area contributed by atoms with Crippen LogP contribution in [-0.2, 0) is 13.2 Å². The van der Waals surface area contributed by atoms with E-state index in [2.05, 4.69) is 49.0 Å². The molecule has 1 aromatic heterocycles. The van der Waals surface area contributed by atoms with Crippen molar-refractivity contribution in [3.63, 3.8) is 0 Å². The van der Waals surface area contributed by atoms with Gasteiger partial charge < -0.3 is 10.0 Å². The number of pyridine rings is 1. The fraction of sp³-hybridized carbons (Fsp3) is 0.214. The highest BCUT2D eigenvalue weighted by molar-refractivity contribution is 9.10. The van der Waals surface area contributed by atoms with Crippen LogP contribution < -0.4 is 4.90 Å². The lowest BCUT2D eigenvalue weighted by atomic mass is 10.2. The zero-order chi connectivity index (χ0) is 13.8. The van der Waals surface area contributed by atoms with E-state index in [1.165, 1.54) is 5.56 Å². The summed E-state index contributed by atoms with van der Waals surface area (Å²) in [6.45, 7) is 0.724. The minimum Gasteiger partial charge on any atom is -0.392 e. The Hall–Kier alpha value is -0.910. The molecule has 0 bridgehead atoms. The van der Waals surface area contributed by atoms with Gasteiger partial charge in [0.2, 0.25) is 0 Å². The number of benzene rings is 1. The van der Waals surface area contributed by atoms with Crippen LogP contribution in [-0.4, -0.2) is 17.1 Å². The number of anilines is 1. The van der Waals surface area contributed by atoms with Gasteiger partial charge in [-0.3, -0.25) is 0 Å². The van der Waals surface area contributed by atoms with Crippen molar-refractivity contribution in [2.75, 3.05) is 11.9 Å². The molecule has 0 saturated heterocycles. The average Bonchev–Trinajstić information content (AvgIpc) is 2.41. The Morgan fingerprint density at radius 1 is 1.16 bits per heavy atom. The molecule has 0 atom stereocenters. The molecule has 100 valence electrons. The van der Waals surface area contributed by atoms with E-state index in [-0.39, 0.29) is 6.61 Å². The van der Waals surface area contributed by atoms with Crippen molar-refractivity contribution in [2.45, 2.75) is 13.2 Å². The number of nitrogens with zero attached hydrogens (tertiary/aromatic N) is 2. The summed E-state index contributed by atoms with van der Waals surface area (Å²) in [6, 6.07) is 10.1. The second kappa shape index (κ2) is 6.50. The van der Waals surface area contributed by atoms with Gasteiger partial charge in [0.1, 0.15) is 5.82 Å². The number of aliphatic hydroxyl groups is 1. The molecule has 0 aliphatic carbocycles. The van der Waals surface area contributed by atoms with Crippen LogP contribution in [0.4, 0.5) is 5.82 Å². The van der Waals surface area contributed by atoms with Gasteiger partial charge in [-0.2, -0.15) is 0 Å². The summed E-state index contributed by atoms with van der Waals surface area (Å²) >= 11 is 6.79. The summed E-state index contributed by atoms with van der Waals surface area (Å²) in [7, 11) is 1.97. The Kier molecular flexibility index (Phi) is 4.96. The van der Waals surface area contributed by atoms with Crippen LogP contribution in [0.1, 0.15) is 11.1 Å². The van der Waals surface area contributed by atoms with Gasteiger partial charge in [0.05, 0.1) is 6.61 Å². The number of halogens is 2. The van der Waals surface area contributed by atoms with Gasteiger partial charge in [0.25, 0.3) is 0 Å². The second-order valence-electron chi connectivity index (χ2n) is 4.28.